The fourth-order valence-corrected chi connectivity index (χ4v) is 4.22. The topological polar surface area (TPSA) is 76.5 Å². The number of imidazole rings is 1. The maximum atomic E-state index is 12.4. The third-order valence-electron chi connectivity index (χ3n) is 5.16. The van der Waals surface area contributed by atoms with Crippen molar-refractivity contribution < 1.29 is 14.3 Å². The average Bonchev–Trinajstić information content (AvgIpc) is 3.21. The van der Waals surface area contributed by atoms with E-state index in [-0.39, 0.29) is 18.0 Å². The van der Waals surface area contributed by atoms with E-state index in [0.717, 1.165) is 23.7 Å². The van der Waals surface area contributed by atoms with Crippen LogP contribution in [-0.4, -0.2) is 57.9 Å². The Hall–Kier alpha value is -2.48. The Bertz CT molecular complexity index is 842. The predicted octanol–water partition coefficient (Wildman–Crippen LogP) is 3.82. The Labute approximate surface area is 182 Å². The van der Waals surface area contributed by atoms with Gasteiger partial charge in [0.05, 0.1) is 12.4 Å². The van der Waals surface area contributed by atoms with Crippen LogP contribution in [0.15, 0.2) is 41.8 Å². The van der Waals surface area contributed by atoms with E-state index >= 15 is 0 Å². The number of thioether (sulfide) groups is 1. The first kappa shape index (κ1) is 22.2. The molecule has 1 aliphatic rings. The Morgan fingerprint density at radius 2 is 1.93 bits per heavy atom. The number of amides is 2. The van der Waals surface area contributed by atoms with Gasteiger partial charge in [0.2, 0.25) is 5.91 Å². The molecule has 8 heteroatoms. The van der Waals surface area contributed by atoms with Gasteiger partial charge in [-0.25, -0.2) is 9.78 Å². The normalized spacial score (nSPS) is 14.7. The van der Waals surface area contributed by atoms with Crippen molar-refractivity contribution >= 4 is 23.8 Å². The van der Waals surface area contributed by atoms with Crippen molar-refractivity contribution in [2.24, 2.45) is 0 Å². The van der Waals surface area contributed by atoms with E-state index in [0.29, 0.717) is 31.4 Å². The molecule has 3 rings (SSSR count). The molecule has 1 aromatic carbocycles. The highest BCUT2D eigenvalue weighted by atomic mass is 32.2. The smallest absolute Gasteiger partial charge is 0.409 e. The molecule has 1 aromatic heterocycles. The highest BCUT2D eigenvalue weighted by molar-refractivity contribution is 7.99. The van der Waals surface area contributed by atoms with Crippen LogP contribution < -0.4 is 5.32 Å². The van der Waals surface area contributed by atoms with Crippen LogP contribution in [0.4, 0.5) is 4.79 Å². The van der Waals surface area contributed by atoms with E-state index in [1.807, 2.05) is 10.8 Å². The molecular weight excluding hydrogens is 400 g/mol. The van der Waals surface area contributed by atoms with E-state index < -0.39 is 0 Å². The summed E-state index contributed by atoms with van der Waals surface area (Å²) in [7, 11) is 0. The van der Waals surface area contributed by atoms with Gasteiger partial charge in [-0.1, -0.05) is 37.7 Å². The molecule has 30 heavy (non-hydrogen) atoms. The van der Waals surface area contributed by atoms with Crippen LogP contribution in [0.25, 0.3) is 5.69 Å². The van der Waals surface area contributed by atoms with Crippen molar-refractivity contribution in [1.29, 1.82) is 0 Å². The largest absolute Gasteiger partial charge is 0.450 e. The molecule has 2 heterocycles. The van der Waals surface area contributed by atoms with E-state index in [9.17, 15) is 9.59 Å². The molecule has 0 bridgehead atoms. The molecule has 1 aliphatic heterocycles. The fraction of sp³-hybridized carbons (Fsp3) is 0.500. The molecule has 0 atom stereocenters. The number of likely N-dealkylation sites (tertiary alicyclic amines) is 1. The first-order valence-corrected chi connectivity index (χ1v) is 11.4. The van der Waals surface area contributed by atoms with Crippen molar-refractivity contribution in [1.82, 2.24) is 19.8 Å². The van der Waals surface area contributed by atoms with Crippen molar-refractivity contribution in [3.63, 3.8) is 0 Å². The molecule has 0 radical (unpaired) electrons. The first-order valence-electron chi connectivity index (χ1n) is 10.5. The molecule has 0 saturated carbocycles. The van der Waals surface area contributed by atoms with Gasteiger partial charge in [0.1, 0.15) is 0 Å². The van der Waals surface area contributed by atoms with Crippen molar-refractivity contribution in [3.05, 3.63) is 42.2 Å². The second-order valence-electron chi connectivity index (χ2n) is 7.64. The van der Waals surface area contributed by atoms with E-state index in [1.165, 1.54) is 17.3 Å². The summed E-state index contributed by atoms with van der Waals surface area (Å²) in [5, 5.41) is 3.87. The number of nitrogens with zero attached hydrogens (tertiary/aromatic N) is 3. The Morgan fingerprint density at radius 3 is 2.57 bits per heavy atom. The lowest BCUT2D eigenvalue weighted by molar-refractivity contribution is -0.119. The average molecular weight is 431 g/mol. The second kappa shape index (κ2) is 10.5. The summed E-state index contributed by atoms with van der Waals surface area (Å²) in [4.78, 5) is 30.3. The number of carbonyl (C=O) groups is 2. The van der Waals surface area contributed by atoms with Crippen molar-refractivity contribution in [2.45, 2.75) is 50.7 Å². The standard InChI is InChI=1S/C22H30N4O3S/c1-4-29-22(28)25-12-9-18(10-13-25)24-20(27)15-30-21-23-11-14-26(21)19-7-5-17(6-8-19)16(2)3/h5-8,11,14,16,18H,4,9-10,12-13,15H2,1-3H3,(H,24,27). The Balaban J connectivity index is 1.48. The number of benzene rings is 1. The number of rotatable bonds is 7. The highest BCUT2D eigenvalue weighted by Crippen LogP contribution is 2.22. The van der Waals surface area contributed by atoms with Gasteiger partial charge in [0.15, 0.2) is 5.16 Å². The van der Waals surface area contributed by atoms with Crippen LogP contribution in [0.1, 0.15) is 45.1 Å². The van der Waals surface area contributed by atoms with Crippen molar-refractivity contribution in [2.75, 3.05) is 25.4 Å². The van der Waals surface area contributed by atoms with Gasteiger partial charge >= 0.3 is 6.09 Å². The molecule has 0 spiro atoms. The molecule has 2 aromatic rings. The van der Waals surface area contributed by atoms with Crippen LogP contribution in [0, 0.1) is 0 Å². The summed E-state index contributed by atoms with van der Waals surface area (Å²) in [6.07, 6.45) is 4.88. The van der Waals surface area contributed by atoms with Crippen LogP contribution >= 0.6 is 11.8 Å². The third-order valence-corrected chi connectivity index (χ3v) is 6.13. The van der Waals surface area contributed by atoms with Gasteiger partial charge in [-0.2, -0.15) is 0 Å². The second-order valence-corrected chi connectivity index (χ2v) is 8.58. The molecule has 1 saturated heterocycles. The van der Waals surface area contributed by atoms with Crippen molar-refractivity contribution in [3.8, 4) is 5.69 Å². The van der Waals surface area contributed by atoms with Gasteiger partial charge in [-0.3, -0.25) is 9.36 Å². The zero-order valence-electron chi connectivity index (χ0n) is 17.8. The van der Waals surface area contributed by atoms with Gasteiger partial charge in [-0.05, 0) is 43.4 Å². The van der Waals surface area contributed by atoms with E-state index in [4.69, 9.17) is 4.74 Å². The lowest BCUT2D eigenvalue weighted by Gasteiger charge is -2.31. The minimum Gasteiger partial charge on any atom is -0.450 e. The monoisotopic (exact) mass is 430 g/mol. The summed E-state index contributed by atoms with van der Waals surface area (Å²) in [6, 6.07) is 8.51. The number of nitrogens with one attached hydrogen (secondary N) is 1. The highest BCUT2D eigenvalue weighted by Gasteiger charge is 2.24. The number of carbonyl (C=O) groups excluding carboxylic acids is 2. The molecular formula is C22H30N4O3S. The molecule has 7 nitrogen and oxygen atoms in total. The zero-order valence-corrected chi connectivity index (χ0v) is 18.7. The lowest BCUT2D eigenvalue weighted by Crippen LogP contribution is -2.47. The first-order chi connectivity index (χ1) is 14.5. The van der Waals surface area contributed by atoms with Crippen LogP contribution in [-0.2, 0) is 9.53 Å². The molecule has 2 amide bonds. The maximum absolute atomic E-state index is 12.4. The molecule has 0 aliphatic carbocycles. The maximum Gasteiger partial charge on any atom is 0.409 e. The zero-order chi connectivity index (χ0) is 21.5. The number of hydrogen-bond acceptors (Lipinski definition) is 5. The minimum atomic E-state index is -0.272. The minimum absolute atomic E-state index is 0.0145. The summed E-state index contributed by atoms with van der Waals surface area (Å²) < 4.78 is 7.03. The predicted molar refractivity (Wildman–Crippen MR) is 118 cm³/mol. The van der Waals surface area contributed by atoms with Gasteiger partial charge < -0.3 is 15.0 Å². The molecule has 162 valence electrons. The summed E-state index contributed by atoms with van der Waals surface area (Å²) in [5.74, 6) is 0.780. The summed E-state index contributed by atoms with van der Waals surface area (Å²) in [6.45, 7) is 7.74. The quantitative estimate of drug-likeness (QED) is 0.676. The Kier molecular flexibility index (Phi) is 7.79. The number of hydrogen-bond donors (Lipinski definition) is 1. The van der Waals surface area contributed by atoms with Gasteiger partial charge in [-0.15, -0.1) is 0 Å². The van der Waals surface area contributed by atoms with Crippen LogP contribution in [0.2, 0.25) is 0 Å². The number of aromatic nitrogens is 2. The summed E-state index contributed by atoms with van der Waals surface area (Å²) in [5.41, 5.74) is 2.33. The Morgan fingerprint density at radius 1 is 1.23 bits per heavy atom. The summed E-state index contributed by atoms with van der Waals surface area (Å²) >= 11 is 1.42. The number of ether oxygens (including phenoxy) is 1. The molecule has 1 N–H and O–H groups in total. The molecule has 1 fully saturated rings. The SMILES string of the molecule is CCOC(=O)N1CCC(NC(=O)CSc2nccn2-c2ccc(C(C)C)cc2)CC1. The van der Waals surface area contributed by atoms with Gasteiger partial charge in [0, 0.05) is 37.2 Å². The third kappa shape index (κ3) is 5.78. The number of piperidine rings is 1. The van der Waals surface area contributed by atoms with E-state index in [2.05, 4.69) is 48.4 Å². The van der Waals surface area contributed by atoms with Crippen LogP contribution in [0.5, 0.6) is 0 Å². The fourth-order valence-electron chi connectivity index (χ4n) is 3.43. The lowest BCUT2D eigenvalue weighted by atomic mass is 10.0. The molecule has 0 unspecified atom stereocenters. The van der Waals surface area contributed by atoms with E-state index in [1.54, 1.807) is 18.0 Å². The van der Waals surface area contributed by atoms with Crippen LogP contribution in [0.3, 0.4) is 0 Å². The van der Waals surface area contributed by atoms with Gasteiger partial charge in [0.25, 0.3) is 0 Å².